The van der Waals surface area contributed by atoms with Crippen LogP contribution in [0.4, 0.5) is 18.9 Å². The Bertz CT molecular complexity index is 906. The molecule has 0 saturated carbocycles. The van der Waals surface area contributed by atoms with Crippen molar-refractivity contribution in [2.24, 2.45) is 0 Å². The Kier molecular flexibility index (Phi) is 27.9. The quantitative estimate of drug-likeness (QED) is 0.349. The predicted octanol–water partition coefficient (Wildman–Crippen LogP) is 6.85. The van der Waals surface area contributed by atoms with Crippen LogP contribution in [0.15, 0.2) is 30.6 Å². The maximum atomic E-state index is 14.3. The van der Waals surface area contributed by atoms with Gasteiger partial charge in [0.1, 0.15) is 0 Å². The summed E-state index contributed by atoms with van der Waals surface area (Å²) in [4.78, 5) is 37.5. The number of amides is 2. The molecule has 0 bridgehead atoms. The average Bonchev–Trinajstić information content (AvgIpc) is 2.86. The summed E-state index contributed by atoms with van der Waals surface area (Å²) < 4.78 is 38.9. The molecule has 0 atom stereocenters. The van der Waals surface area contributed by atoms with Gasteiger partial charge in [0, 0.05) is 51.9 Å². The molecular formula is C31H55F3N2O5S. The van der Waals surface area contributed by atoms with Crippen LogP contribution in [0.25, 0.3) is 0 Å². The molecule has 2 rings (SSSR count). The van der Waals surface area contributed by atoms with E-state index in [0.717, 1.165) is 11.1 Å². The smallest absolute Gasteiger partial charge is 0.313 e. The number of aliphatic hydroxyl groups excluding tert-OH is 1. The number of ketones is 1. The number of hydrogen-bond acceptors (Lipinski definition) is 6. The number of benzene rings is 1. The summed E-state index contributed by atoms with van der Waals surface area (Å²) in [6, 6.07) is 5.66. The SMILES string of the molecule is C=C(C)F.CC(=O)C1(F)CCN(C(=O)C(=O)Nc2ccc(C)cc2C(C)(C)C)CC1.CC(C)O.CF.COC.CSC. The van der Waals surface area contributed by atoms with E-state index < -0.39 is 23.3 Å². The highest BCUT2D eigenvalue weighted by atomic mass is 32.2. The Balaban J connectivity index is -0.000000375. The van der Waals surface area contributed by atoms with Crippen molar-refractivity contribution in [3.05, 3.63) is 41.7 Å². The molecule has 42 heavy (non-hydrogen) atoms. The number of aliphatic hydroxyl groups is 1. The van der Waals surface area contributed by atoms with Crippen molar-refractivity contribution in [1.82, 2.24) is 4.90 Å². The van der Waals surface area contributed by atoms with Gasteiger partial charge in [-0.1, -0.05) is 45.0 Å². The van der Waals surface area contributed by atoms with E-state index in [4.69, 9.17) is 5.11 Å². The first-order valence-corrected chi connectivity index (χ1v) is 15.0. The number of halogens is 3. The monoisotopic (exact) mass is 624 g/mol. The van der Waals surface area contributed by atoms with E-state index in [1.54, 1.807) is 45.9 Å². The van der Waals surface area contributed by atoms with Crippen LogP contribution in [-0.4, -0.2) is 86.4 Å². The van der Waals surface area contributed by atoms with E-state index in [1.165, 1.54) is 18.7 Å². The molecule has 2 N–H and O–H groups in total. The number of methoxy groups -OCH3 is 1. The maximum Gasteiger partial charge on any atom is 0.313 e. The summed E-state index contributed by atoms with van der Waals surface area (Å²) in [5.41, 5.74) is 0.527. The zero-order valence-electron chi connectivity index (χ0n) is 27.9. The van der Waals surface area contributed by atoms with Gasteiger partial charge in [-0.25, -0.2) is 8.78 Å². The van der Waals surface area contributed by atoms with Gasteiger partial charge in [-0.3, -0.25) is 18.8 Å². The minimum Gasteiger partial charge on any atom is -0.394 e. The molecular weight excluding hydrogens is 569 g/mol. The van der Waals surface area contributed by atoms with Crippen LogP contribution in [-0.2, 0) is 24.5 Å². The standard InChI is InChI=1S/C20H27FN2O3.C3H5F.C3H8O.C2H6O.C2H6S.CH3F/c1-13-6-7-16(15(12-13)19(3,4)5)22-17(25)18(26)23-10-8-20(21,9-11-23)14(2)24;2*1-3(2)4;2*1-3-2;1-2/h6-7,12H,8-11H2,1-5H3,(H,22,25);1H2,2H3;3-4H,1-2H3;2*1-2H3;1H3. The molecule has 1 aromatic rings. The number of alkyl halides is 2. The minimum atomic E-state index is -1.89. The number of ether oxygens (including phenoxy) is 1. The van der Waals surface area contributed by atoms with E-state index in [2.05, 4.69) is 16.6 Å². The first kappa shape index (κ1) is 46.6. The first-order chi connectivity index (χ1) is 19.2. The van der Waals surface area contributed by atoms with E-state index >= 15 is 0 Å². The van der Waals surface area contributed by atoms with Gasteiger partial charge in [-0.05, 0) is 64.2 Å². The largest absolute Gasteiger partial charge is 0.394 e. The number of aryl methyl sites for hydroxylation is 1. The van der Waals surface area contributed by atoms with Crippen LogP contribution in [0.3, 0.4) is 0 Å². The summed E-state index contributed by atoms with van der Waals surface area (Å²) in [6.45, 7) is 17.0. The molecule has 1 aromatic carbocycles. The Labute approximate surface area is 256 Å². The fourth-order valence-electron chi connectivity index (χ4n) is 3.12. The zero-order valence-corrected chi connectivity index (χ0v) is 28.7. The summed E-state index contributed by atoms with van der Waals surface area (Å²) in [5.74, 6) is -2.30. The van der Waals surface area contributed by atoms with Crippen molar-refractivity contribution in [2.45, 2.75) is 85.4 Å². The van der Waals surface area contributed by atoms with Gasteiger partial charge in [0.25, 0.3) is 0 Å². The highest BCUT2D eigenvalue weighted by molar-refractivity contribution is 7.97. The fourth-order valence-corrected chi connectivity index (χ4v) is 3.12. The van der Waals surface area contributed by atoms with Crippen molar-refractivity contribution in [3.8, 4) is 0 Å². The summed E-state index contributed by atoms with van der Waals surface area (Å²) >= 11 is 1.75. The third-order valence-corrected chi connectivity index (χ3v) is 4.90. The number of likely N-dealkylation sites (tertiary alicyclic amines) is 1. The van der Waals surface area contributed by atoms with Crippen molar-refractivity contribution in [1.29, 1.82) is 0 Å². The summed E-state index contributed by atoms with van der Waals surface area (Å²) in [7, 11) is 3.75. The topological polar surface area (TPSA) is 95.9 Å². The van der Waals surface area contributed by atoms with E-state index in [1.807, 2.05) is 52.3 Å². The van der Waals surface area contributed by atoms with Crippen LogP contribution in [0, 0.1) is 6.92 Å². The number of carbonyl (C=O) groups excluding carboxylic acids is 3. The molecule has 0 spiro atoms. The minimum absolute atomic E-state index is 0.0579. The van der Waals surface area contributed by atoms with E-state index in [-0.39, 0.29) is 43.3 Å². The number of Topliss-reactive ketones (excluding diaryl/α,β-unsaturated/α-hetero) is 1. The average molecular weight is 625 g/mol. The highest BCUT2D eigenvalue weighted by Crippen LogP contribution is 2.31. The van der Waals surface area contributed by atoms with E-state index in [9.17, 15) is 27.6 Å². The molecule has 246 valence electrons. The number of piperidine rings is 1. The predicted molar refractivity (Wildman–Crippen MR) is 172 cm³/mol. The third kappa shape index (κ3) is 23.2. The van der Waals surface area contributed by atoms with E-state index in [0.29, 0.717) is 12.9 Å². The number of carbonyl (C=O) groups is 3. The molecule has 0 unspecified atom stereocenters. The highest BCUT2D eigenvalue weighted by Gasteiger charge is 2.41. The van der Waals surface area contributed by atoms with Gasteiger partial charge in [0.2, 0.25) is 0 Å². The second kappa shape index (κ2) is 25.2. The van der Waals surface area contributed by atoms with Gasteiger partial charge in [0.15, 0.2) is 11.5 Å². The Morgan fingerprint density at radius 2 is 1.45 bits per heavy atom. The van der Waals surface area contributed by atoms with Crippen LogP contribution in [0.2, 0.25) is 0 Å². The molecule has 1 saturated heterocycles. The number of nitrogens with zero attached hydrogens (tertiary/aromatic N) is 1. The molecule has 0 aliphatic carbocycles. The van der Waals surface area contributed by atoms with Crippen molar-refractivity contribution >= 4 is 35.0 Å². The summed E-state index contributed by atoms with van der Waals surface area (Å²) in [5, 5.41) is 10.7. The lowest BCUT2D eigenvalue weighted by atomic mass is 9.85. The number of nitrogens with one attached hydrogen (secondary N) is 1. The normalized spacial score (nSPS) is 13.0. The third-order valence-electron chi connectivity index (χ3n) is 4.90. The molecule has 0 radical (unpaired) electrons. The molecule has 1 fully saturated rings. The number of anilines is 1. The van der Waals surface area contributed by atoms with Crippen molar-refractivity contribution in [2.75, 3.05) is 52.3 Å². The number of thioether (sulfide) groups is 1. The first-order valence-electron chi connectivity index (χ1n) is 13.3. The van der Waals surface area contributed by atoms with Crippen LogP contribution in [0.5, 0.6) is 0 Å². The molecule has 7 nitrogen and oxygen atoms in total. The number of hydrogen-bond donors (Lipinski definition) is 2. The van der Waals surface area contributed by atoms with Crippen LogP contribution < -0.4 is 5.32 Å². The maximum absolute atomic E-state index is 14.3. The van der Waals surface area contributed by atoms with Gasteiger partial charge in [-0.15, -0.1) is 0 Å². The second-order valence-corrected chi connectivity index (χ2v) is 11.5. The van der Waals surface area contributed by atoms with Gasteiger partial charge < -0.3 is 20.1 Å². The van der Waals surface area contributed by atoms with Gasteiger partial charge in [0.05, 0.1) is 13.0 Å². The molecule has 1 heterocycles. The Morgan fingerprint density at radius 3 is 1.76 bits per heavy atom. The lowest BCUT2D eigenvalue weighted by molar-refractivity contribution is -0.146. The summed E-state index contributed by atoms with van der Waals surface area (Å²) in [6.07, 6.45) is 3.78. The number of allylic oxidation sites excluding steroid dienone is 1. The lowest BCUT2D eigenvalue weighted by Gasteiger charge is -2.34. The number of rotatable bonds is 2. The molecule has 0 aromatic heterocycles. The Morgan fingerprint density at radius 1 is 1.10 bits per heavy atom. The van der Waals surface area contributed by atoms with Gasteiger partial charge >= 0.3 is 11.8 Å². The second-order valence-electron chi connectivity index (χ2n) is 10.7. The van der Waals surface area contributed by atoms with Crippen LogP contribution in [0.1, 0.15) is 72.4 Å². The Hall–Kier alpha value is -2.37. The van der Waals surface area contributed by atoms with Gasteiger partial charge in [-0.2, -0.15) is 11.8 Å². The molecule has 1 aliphatic heterocycles. The fraction of sp³-hybridized carbons (Fsp3) is 0.645. The molecule has 1 aliphatic rings. The van der Waals surface area contributed by atoms with Crippen molar-refractivity contribution < 1.29 is 37.4 Å². The molecule has 11 heteroatoms. The van der Waals surface area contributed by atoms with Crippen LogP contribution >= 0.6 is 11.8 Å². The van der Waals surface area contributed by atoms with Crippen molar-refractivity contribution in [3.63, 3.8) is 0 Å². The lowest BCUT2D eigenvalue weighted by Crippen LogP contribution is -2.50. The molecule has 2 amide bonds. The zero-order chi connectivity index (χ0) is 34.3.